The molecule has 43 heavy (non-hydrogen) atoms. The molecule has 2 aromatic carbocycles. The van der Waals surface area contributed by atoms with Crippen molar-refractivity contribution in [3.05, 3.63) is 65.4 Å². The van der Waals surface area contributed by atoms with Gasteiger partial charge in [-0.1, -0.05) is 19.9 Å². The Morgan fingerprint density at radius 2 is 1.70 bits per heavy atom. The Hall–Kier alpha value is -4.60. The second-order valence-electron chi connectivity index (χ2n) is 11.1. The highest BCUT2D eigenvalue weighted by Crippen LogP contribution is 2.57. The van der Waals surface area contributed by atoms with Crippen LogP contribution in [0.15, 0.2) is 48.5 Å². The molecule has 0 radical (unpaired) electrons. The van der Waals surface area contributed by atoms with Gasteiger partial charge in [-0.05, 0) is 97.5 Å². The highest BCUT2D eigenvalue weighted by atomic mass is 16.5. The SMILES string of the molecule is CC.COc1ccc(NC=O)c(C2CC2c2ccc3c(Nc4ccc(C(=O)N(C5CC5)C5CC5)nc4OC)n[nH]c3c2)c1. The van der Waals surface area contributed by atoms with E-state index in [0.717, 1.165) is 60.0 Å². The van der Waals surface area contributed by atoms with Gasteiger partial charge in [-0.3, -0.25) is 14.7 Å². The van der Waals surface area contributed by atoms with Gasteiger partial charge in [0.15, 0.2) is 5.82 Å². The minimum absolute atomic E-state index is 0.0148. The normalized spacial score (nSPS) is 18.7. The fourth-order valence-corrected chi connectivity index (χ4v) is 5.85. The first-order chi connectivity index (χ1) is 21.1. The average Bonchev–Trinajstić information content (AvgIpc) is 3.92. The van der Waals surface area contributed by atoms with Crippen LogP contribution < -0.4 is 20.1 Å². The molecule has 0 spiro atoms. The molecule has 0 saturated heterocycles. The van der Waals surface area contributed by atoms with Crippen molar-refractivity contribution in [1.29, 1.82) is 0 Å². The van der Waals surface area contributed by atoms with Gasteiger partial charge in [-0.2, -0.15) is 5.10 Å². The quantitative estimate of drug-likeness (QED) is 0.176. The molecule has 0 bridgehead atoms. The minimum atomic E-state index is -0.0148. The van der Waals surface area contributed by atoms with Crippen LogP contribution in [-0.2, 0) is 4.79 Å². The Morgan fingerprint density at radius 1 is 0.953 bits per heavy atom. The van der Waals surface area contributed by atoms with Gasteiger partial charge in [0.25, 0.3) is 5.91 Å². The van der Waals surface area contributed by atoms with Crippen LogP contribution in [0, 0.1) is 0 Å². The number of carbonyl (C=O) groups excluding carboxylic acids is 2. The molecular weight excluding hydrogens is 544 g/mol. The Labute approximate surface area is 251 Å². The maximum Gasteiger partial charge on any atom is 0.273 e. The number of benzene rings is 2. The van der Waals surface area contributed by atoms with Crippen molar-refractivity contribution in [1.82, 2.24) is 20.1 Å². The Bertz CT molecular complexity index is 1630. The number of methoxy groups -OCH3 is 2. The lowest BCUT2D eigenvalue weighted by atomic mass is 10.0. The van der Waals surface area contributed by atoms with Crippen LogP contribution in [0.2, 0.25) is 0 Å². The van der Waals surface area contributed by atoms with Crippen LogP contribution in [0.25, 0.3) is 10.9 Å². The molecule has 7 rings (SSSR count). The molecule has 10 nitrogen and oxygen atoms in total. The highest BCUT2D eigenvalue weighted by molar-refractivity contribution is 5.95. The van der Waals surface area contributed by atoms with E-state index in [-0.39, 0.29) is 11.8 Å². The lowest BCUT2D eigenvalue weighted by molar-refractivity contribution is -0.105. The summed E-state index contributed by atoms with van der Waals surface area (Å²) in [6.45, 7) is 4.00. The summed E-state index contributed by atoms with van der Waals surface area (Å²) in [5.74, 6) is 2.39. The van der Waals surface area contributed by atoms with Crippen LogP contribution >= 0.6 is 0 Å². The van der Waals surface area contributed by atoms with E-state index < -0.39 is 0 Å². The predicted molar refractivity (Wildman–Crippen MR) is 167 cm³/mol. The molecule has 0 aliphatic heterocycles. The summed E-state index contributed by atoms with van der Waals surface area (Å²) >= 11 is 0. The second kappa shape index (κ2) is 11.9. The number of amides is 2. The fraction of sp³-hybridized carbons (Fsp3) is 0.394. The number of anilines is 3. The third kappa shape index (κ3) is 5.74. The highest BCUT2D eigenvalue weighted by Gasteiger charge is 2.43. The Morgan fingerprint density at radius 3 is 2.37 bits per heavy atom. The average molecular weight is 583 g/mol. The van der Waals surface area contributed by atoms with Crippen LogP contribution in [0.4, 0.5) is 17.2 Å². The number of hydrogen-bond acceptors (Lipinski definition) is 7. The number of ether oxygens (including phenoxy) is 2. The number of fused-ring (bicyclic) bond motifs is 1. The molecule has 2 unspecified atom stereocenters. The Kier molecular flexibility index (Phi) is 7.92. The maximum atomic E-state index is 13.2. The van der Waals surface area contributed by atoms with E-state index >= 15 is 0 Å². The zero-order valence-electron chi connectivity index (χ0n) is 25.0. The van der Waals surface area contributed by atoms with Gasteiger partial charge < -0.3 is 25.0 Å². The summed E-state index contributed by atoms with van der Waals surface area (Å²) in [7, 11) is 3.20. The van der Waals surface area contributed by atoms with Gasteiger partial charge >= 0.3 is 0 Å². The van der Waals surface area contributed by atoms with E-state index in [1.807, 2.05) is 43.0 Å². The molecule has 10 heteroatoms. The summed E-state index contributed by atoms with van der Waals surface area (Å²) in [5, 5.41) is 14.7. The summed E-state index contributed by atoms with van der Waals surface area (Å²) in [6.07, 6.45) is 6.00. The molecule has 2 heterocycles. The van der Waals surface area contributed by atoms with Crippen LogP contribution in [-0.4, -0.2) is 58.7 Å². The van der Waals surface area contributed by atoms with Gasteiger partial charge in [0.05, 0.1) is 19.7 Å². The lowest BCUT2D eigenvalue weighted by Gasteiger charge is -2.22. The zero-order valence-corrected chi connectivity index (χ0v) is 25.0. The summed E-state index contributed by atoms with van der Waals surface area (Å²) in [5.41, 5.74) is 5.05. The van der Waals surface area contributed by atoms with Crippen LogP contribution in [0.1, 0.15) is 79.4 Å². The van der Waals surface area contributed by atoms with Gasteiger partial charge in [0, 0.05) is 23.2 Å². The predicted octanol–water partition coefficient (Wildman–Crippen LogP) is 6.35. The van der Waals surface area contributed by atoms with Crippen molar-refractivity contribution in [2.75, 3.05) is 24.9 Å². The third-order valence-corrected chi connectivity index (χ3v) is 8.32. The van der Waals surface area contributed by atoms with E-state index in [1.165, 1.54) is 5.56 Å². The summed E-state index contributed by atoms with van der Waals surface area (Å²) in [4.78, 5) is 30.9. The van der Waals surface area contributed by atoms with E-state index in [4.69, 9.17) is 9.47 Å². The molecular formula is C33H38N6O4. The summed E-state index contributed by atoms with van der Waals surface area (Å²) in [6, 6.07) is 16.4. The number of nitrogens with zero attached hydrogens (tertiary/aromatic N) is 3. The van der Waals surface area contributed by atoms with Crippen molar-refractivity contribution < 1.29 is 19.1 Å². The van der Waals surface area contributed by atoms with Crippen molar-refractivity contribution in [3.8, 4) is 11.6 Å². The van der Waals surface area contributed by atoms with Crippen molar-refractivity contribution >= 4 is 40.4 Å². The molecule has 4 aromatic rings. The standard InChI is InChI=1S/C31H32N6O4.C2H6/c1-40-20-8-10-25(32-16-38)24(14-20)23-15-22(23)17-3-9-21-28(13-17)35-36-29(21)33-26-11-12-27(34-30(26)41-2)31(39)37(18-4-5-18)19-6-7-19;1-2/h3,8-14,16,18-19,22-23H,4-7,15H2,1-2H3,(H,32,38)(H2,33,35,36);1-2H3. The number of hydrogen-bond donors (Lipinski definition) is 3. The number of rotatable bonds is 11. The number of nitrogens with one attached hydrogen (secondary N) is 3. The largest absolute Gasteiger partial charge is 0.497 e. The maximum absolute atomic E-state index is 13.2. The monoisotopic (exact) mass is 582 g/mol. The zero-order chi connectivity index (χ0) is 30.1. The van der Waals surface area contributed by atoms with E-state index in [2.05, 4.69) is 44.0 Å². The molecule has 2 amide bonds. The lowest BCUT2D eigenvalue weighted by Crippen LogP contribution is -2.35. The second-order valence-corrected chi connectivity index (χ2v) is 11.1. The molecule has 2 aromatic heterocycles. The van der Waals surface area contributed by atoms with Crippen LogP contribution in [0.3, 0.4) is 0 Å². The molecule has 224 valence electrons. The number of aromatic nitrogens is 3. The molecule has 3 fully saturated rings. The van der Waals surface area contributed by atoms with E-state index in [1.54, 1.807) is 20.3 Å². The van der Waals surface area contributed by atoms with E-state index in [0.29, 0.717) is 47.5 Å². The van der Waals surface area contributed by atoms with Crippen molar-refractivity contribution in [3.63, 3.8) is 0 Å². The molecule has 3 N–H and O–H groups in total. The number of H-pyrrole nitrogens is 1. The van der Waals surface area contributed by atoms with Crippen molar-refractivity contribution in [2.45, 2.75) is 69.9 Å². The summed E-state index contributed by atoms with van der Waals surface area (Å²) < 4.78 is 11.0. The first-order valence-electron chi connectivity index (χ1n) is 15.1. The van der Waals surface area contributed by atoms with Gasteiger partial charge in [0.1, 0.15) is 17.1 Å². The first kappa shape index (κ1) is 28.5. The van der Waals surface area contributed by atoms with Crippen LogP contribution in [0.5, 0.6) is 11.6 Å². The molecule has 2 atom stereocenters. The number of pyridine rings is 1. The topological polar surface area (TPSA) is 121 Å². The van der Waals surface area contributed by atoms with E-state index in [9.17, 15) is 9.59 Å². The molecule has 3 saturated carbocycles. The van der Waals surface area contributed by atoms with Gasteiger partial charge in [-0.25, -0.2) is 4.98 Å². The van der Waals surface area contributed by atoms with Gasteiger partial charge in [-0.15, -0.1) is 0 Å². The first-order valence-corrected chi connectivity index (χ1v) is 15.1. The fourth-order valence-electron chi connectivity index (χ4n) is 5.85. The number of aromatic amines is 1. The molecule has 3 aliphatic rings. The molecule has 3 aliphatic carbocycles. The van der Waals surface area contributed by atoms with Gasteiger partial charge in [0.2, 0.25) is 12.3 Å². The minimum Gasteiger partial charge on any atom is -0.497 e. The third-order valence-electron chi connectivity index (χ3n) is 8.32. The number of carbonyl (C=O) groups is 2. The van der Waals surface area contributed by atoms with Crippen molar-refractivity contribution in [2.24, 2.45) is 0 Å². The smallest absolute Gasteiger partial charge is 0.273 e. The Balaban J connectivity index is 0.00000161.